The fraction of sp³-hybridized carbons (Fsp3) is 1.00. The van der Waals surface area contributed by atoms with Crippen LogP contribution >= 0.6 is 0 Å². The molecule has 0 saturated heterocycles. The second kappa shape index (κ2) is 5.75. The maximum absolute atomic E-state index is 3.62. The highest BCUT2D eigenvalue weighted by molar-refractivity contribution is 4.76. The average Bonchev–Trinajstić information content (AvgIpc) is 2.55. The molecule has 0 radical (unpaired) electrons. The Balaban J connectivity index is 2.21. The molecule has 14 heavy (non-hydrogen) atoms. The molecule has 0 aromatic heterocycles. The van der Waals surface area contributed by atoms with Gasteiger partial charge in [0.15, 0.2) is 0 Å². The summed E-state index contributed by atoms with van der Waals surface area (Å²) in [7, 11) is 0. The summed E-state index contributed by atoms with van der Waals surface area (Å²) in [5, 5.41) is 3.62. The van der Waals surface area contributed by atoms with E-state index in [1.54, 1.807) is 0 Å². The molecule has 1 rings (SSSR count). The van der Waals surface area contributed by atoms with Crippen molar-refractivity contribution in [1.29, 1.82) is 0 Å². The molecule has 2 unspecified atom stereocenters. The van der Waals surface area contributed by atoms with E-state index in [4.69, 9.17) is 0 Å². The van der Waals surface area contributed by atoms with Crippen LogP contribution in [-0.2, 0) is 0 Å². The van der Waals surface area contributed by atoms with Crippen LogP contribution in [0.25, 0.3) is 0 Å². The van der Waals surface area contributed by atoms with Crippen molar-refractivity contribution in [2.75, 3.05) is 0 Å². The van der Waals surface area contributed by atoms with Crippen LogP contribution in [-0.4, -0.2) is 12.1 Å². The standard InChI is InChI=1S/C13H27N/c1-10(2)14-12(4)11(3)9-13-7-5-6-8-13/h10-14H,5-9H2,1-4H3. The Labute approximate surface area is 89.7 Å². The molecule has 1 saturated carbocycles. The van der Waals surface area contributed by atoms with Crippen molar-refractivity contribution in [2.45, 2.75) is 71.9 Å². The summed E-state index contributed by atoms with van der Waals surface area (Å²) < 4.78 is 0. The molecule has 0 amide bonds. The predicted octanol–water partition coefficient (Wildman–Crippen LogP) is 3.59. The van der Waals surface area contributed by atoms with Gasteiger partial charge in [0.25, 0.3) is 0 Å². The Bertz CT molecular complexity index is 147. The molecule has 1 nitrogen and oxygen atoms in total. The summed E-state index contributed by atoms with van der Waals surface area (Å²) in [5.41, 5.74) is 0. The zero-order valence-electron chi connectivity index (χ0n) is 10.3. The summed E-state index contributed by atoms with van der Waals surface area (Å²) >= 11 is 0. The van der Waals surface area contributed by atoms with Crippen molar-refractivity contribution < 1.29 is 0 Å². The largest absolute Gasteiger partial charge is 0.312 e. The van der Waals surface area contributed by atoms with Gasteiger partial charge in [0.1, 0.15) is 0 Å². The summed E-state index contributed by atoms with van der Waals surface area (Å²) in [5.74, 6) is 1.86. The zero-order chi connectivity index (χ0) is 10.6. The molecular formula is C13H27N. The fourth-order valence-electron chi connectivity index (χ4n) is 2.67. The van der Waals surface area contributed by atoms with Gasteiger partial charge in [0.2, 0.25) is 0 Å². The van der Waals surface area contributed by atoms with Crippen molar-refractivity contribution in [3.05, 3.63) is 0 Å². The molecule has 0 aromatic rings. The number of rotatable bonds is 5. The van der Waals surface area contributed by atoms with Gasteiger partial charge in [-0.3, -0.25) is 0 Å². The number of nitrogens with one attached hydrogen (secondary N) is 1. The van der Waals surface area contributed by atoms with Gasteiger partial charge in [-0.05, 0) is 25.2 Å². The first-order chi connectivity index (χ1) is 6.59. The number of hydrogen-bond donors (Lipinski definition) is 1. The van der Waals surface area contributed by atoms with Gasteiger partial charge in [0.05, 0.1) is 0 Å². The van der Waals surface area contributed by atoms with E-state index in [0.29, 0.717) is 12.1 Å². The average molecular weight is 197 g/mol. The van der Waals surface area contributed by atoms with E-state index in [9.17, 15) is 0 Å². The Morgan fingerprint density at radius 3 is 2.14 bits per heavy atom. The Kier molecular flexibility index (Phi) is 4.94. The van der Waals surface area contributed by atoms with Crippen molar-refractivity contribution in [2.24, 2.45) is 11.8 Å². The van der Waals surface area contributed by atoms with Gasteiger partial charge in [0, 0.05) is 12.1 Å². The lowest BCUT2D eigenvalue weighted by Crippen LogP contribution is -2.37. The van der Waals surface area contributed by atoms with Gasteiger partial charge in [-0.15, -0.1) is 0 Å². The Morgan fingerprint density at radius 2 is 1.64 bits per heavy atom. The van der Waals surface area contributed by atoms with Crippen LogP contribution in [0.4, 0.5) is 0 Å². The zero-order valence-corrected chi connectivity index (χ0v) is 10.3. The SMILES string of the molecule is CC(C)NC(C)C(C)CC1CCCC1. The third-order valence-corrected chi connectivity index (χ3v) is 3.63. The van der Waals surface area contributed by atoms with E-state index < -0.39 is 0 Å². The first-order valence-electron chi connectivity index (χ1n) is 6.35. The minimum Gasteiger partial charge on any atom is -0.312 e. The maximum atomic E-state index is 3.62. The van der Waals surface area contributed by atoms with E-state index >= 15 is 0 Å². The normalized spacial score (nSPS) is 22.9. The molecule has 1 aliphatic carbocycles. The van der Waals surface area contributed by atoms with Gasteiger partial charge < -0.3 is 5.32 Å². The van der Waals surface area contributed by atoms with E-state index in [1.165, 1.54) is 32.1 Å². The van der Waals surface area contributed by atoms with Crippen LogP contribution in [0.2, 0.25) is 0 Å². The molecule has 0 bridgehead atoms. The highest BCUT2D eigenvalue weighted by atomic mass is 14.9. The molecule has 0 aliphatic heterocycles. The van der Waals surface area contributed by atoms with E-state index in [-0.39, 0.29) is 0 Å². The second-order valence-corrected chi connectivity index (χ2v) is 5.47. The van der Waals surface area contributed by atoms with Gasteiger partial charge in [-0.25, -0.2) is 0 Å². The molecule has 1 heteroatoms. The van der Waals surface area contributed by atoms with Gasteiger partial charge >= 0.3 is 0 Å². The highest BCUT2D eigenvalue weighted by Crippen LogP contribution is 2.31. The predicted molar refractivity (Wildman–Crippen MR) is 63.5 cm³/mol. The summed E-state index contributed by atoms with van der Waals surface area (Å²) in [4.78, 5) is 0. The molecule has 1 aliphatic rings. The monoisotopic (exact) mass is 197 g/mol. The molecular weight excluding hydrogens is 170 g/mol. The summed E-state index contributed by atoms with van der Waals surface area (Å²) in [6.45, 7) is 9.20. The number of hydrogen-bond acceptors (Lipinski definition) is 1. The molecule has 1 N–H and O–H groups in total. The molecule has 1 fully saturated rings. The summed E-state index contributed by atoms with van der Waals surface area (Å²) in [6, 6.07) is 1.30. The fourth-order valence-corrected chi connectivity index (χ4v) is 2.67. The topological polar surface area (TPSA) is 12.0 Å². The maximum Gasteiger partial charge on any atom is 0.00668 e. The minimum absolute atomic E-state index is 0.621. The Hall–Kier alpha value is -0.0400. The Morgan fingerprint density at radius 1 is 1.07 bits per heavy atom. The minimum atomic E-state index is 0.621. The van der Waals surface area contributed by atoms with Gasteiger partial charge in [-0.1, -0.05) is 46.5 Å². The van der Waals surface area contributed by atoms with Crippen LogP contribution in [0, 0.1) is 11.8 Å². The van der Waals surface area contributed by atoms with Crippen molar-refractivity contribution in [1.82, 2.24) is 5.32 Å². The van der Waals surface area contributed by atoms with Crippen LogP contribution in [0.5, 0.6) is 0 Å². The molecule has 0 spiro atoms. The van der Waals surface area contributed by atoms with Crippen molar-refractivity contribution in [3.8, 4) is 0 Å². The van der Waals surface area contributed by atoms with Crippen LogP contribution < -0.4 is 5.32 Å². The third-order valence-electron chi connectivity index (χ3n) is 3.63. The quantitative estimate of drug-likeness (QED) is 0.710. The van der Waals surface area contributed by atoms with E-state index in [0.717, 1.165) is 11.8 Å². The molecule has 0 aromatic carbocycles. The van der Waals surface area contributed by atoms with Crippen LogP contribution in [0.15, 0.2) is 0 Å². The lowest BCUT2D eigenvalue weighted by atomic mass is 9.90. The lowest BCUT2D eigenvalue weighted by Gasteiger charge is -2.25. The molecule has 0 heterocycles. The third kappa shape index (κ3) is 4.00. The van der Waals surface area contributed by atoms with Crippen molar-refractivity contribution in [3.63, 3.8) is 0 Å². The van der Waals surface area contributed by atoms with Gasteiger partial charge in [-0.2, -0.15) is 0 Å². The van der Waals surface area contributed by atoms with E-state index in [1.807, 2.05) is 0 Å². The molecule has 2 atom stereocenters. The highest BCUT2D eigenvalue weighted by Gasteiger charge is 2.21. The second-order valence-electron chi connectivity index (χ2n) is 5.47. The lowest BCUT2D eigenvalue weighted by molar-refractivity contribution is 0.307. The van der Waals surface area contributed by atoms with E-state index in [2.05, 4.69) is 33.0 Å². The van der Waals surface area contributed by atoms with Crippen LogP contribution in [0.1, 0.15) is 59.8 Å². The first-order valence-corrected chi connectivity index (χ1v) is 6.35. The smallest absolute Gasteiger partial charge is 0.00668 e. The van der Waals surface area contributed by atoms with Crippen molar-refractivity contribution >= 4 is 0 Å². The van der Waals surface area contributed by atoms with Crippen LogP contribution in [0.3, 0.4) is 0 Å². The molecule has 84 valence electrons. The summed E-state index contributed by atoms with van der Waals surface area (Å²) in [6.07, 6.45) is 7.35. The first kappa shape index (κ1) is 12.0.